The van der Waals surface area contributed by atoms with E-state index in [0.717, 1.165) is 24.1 Å². The number of amides is 1. The molecule has 2 atom stereocenters. The first-order chi connectivity index (χ1) is 11.5. The van der Waals surface area contributed by atoms with Gasteiger partial charge in [0.2, 0.25) is 5.91 Å². The summed E-state index contributed by atoms with van der Waals surface area (Å²) in [7, 11) is 1.75. The van der Waals surface area contributed by atoms with Gasteiger partial charge in [-0.2, -0.15) is 0 Å². The Morgan fingerprint density at radius 1 is 1.38 bits per heavy atom. The number of carbonyl (C=O) groups excluding carboxylic acids is 1. The minimum absolute atomic E-state index is 0.0332. The Bertz CT molecular complexity index is 777. The number of benzene rings is 1. The lowest BCUT2D eigenvalue weighted by atomic mass is 9.73. The zero-order chi connectivity index (χ0) is 17.3. The lowest BCUT2D eigenvalue weighted by Gasteiger charge is -2.34. The molecule has 1 aromatic rings. The molecule has 0 spiro atoms. The zero-order valence-electron chi connectivity index (χ0n) is 13.8. The van der Waals surface area contributed by atoms with Gasteiger partial charge in [-0.15, -0.1) is 0 Å². The summed E-state index contributed by atoms with van der Waals surface area (Å²) < 4.78 is 0. The van der Waals surface area contributed by atoms with Crippen molar-refractivity contribution in [3.63, 3.8) is 0 Å². The number of nitro benzene ring substituents is 1. The predicted octanol–water partition coefficient (Wildman–Crippen LogP) is 3.95. The highest BCUT2D eigenvalue weighted by Gasteiger charge is 2.30. The third kappa shape index (κ3) is 3.02. The molecule has 0 fully saturated rings. The summed E-state index contributed by atoms with van der Waals surface area (Å²) in [5.74, 6) is 0.293. The van der Waals surface area contributed by atoms with Crippen LogP contribution in [0.25, 0.3) is 0 Å². The molecular formula is C19H20N2O3. The summed E-state index contributed by atoms with van der Waals surface area (Å²) >= 11 is 0. The van der Waals surface area contributed by atoms with Gasteiger partial charge < -0.3 is 4.90 Å². The number of carbonyl (C=O) groups is 1. The summed E-state index contributed by atoms with van der Waals surface area (Å²) in [4.78, 5) is 24.1. The highest BCUT2D eigenvalue weighted by atomic mass is 16.6. The predicted molar refractivity (Wildman–Crippen MR) is 92.3 cm³/mol. The van der Waals surface area contributed by atoms with Crippen molar-refractivity contribution in [3.8, 4) is 0 Å². The quantitative estimate of drug-likeness (QED) is 0.625. The monoisotopic (exact) mass is 324 g/mol. The Labute approximate surface area is 141 Å². The maximum absolute atomic E-state index is 11.7. The maximum atomic E-state index is 11.7. The third-order valence-electron chi connectivity index (χ3n) is 4.81. The molecule has 0 heterocycles. The largest absolute Gasteiger partial charge is 0.316 e. The van der Waals surface area contributed by atoms with Crippen molar-refractivity contribution in [3.05, 3.63) is 75.5 Å². The van der Waals surface area contributed by atoms with Crippen molar-refractivity contribution >= 4 is 11.6 Å². The van der Waals surface area contributed by atoms with Crippen molar-refractivity contribution in [2.75, 3.05) is 7.05 Å². The minimum Gasteiger partial charge on any atom is -0.316 e. The van der Waals surface area contributed by atoms with Crippen molar-refractivity contribution in [2.45, 2.75) is 25.7 Å². The molecule has 0 radical (unpaired) electrons. The first-order valence-corrected chi connectivity index (χ1v) is 8.06. The van der Waals surface area contributed by atoms with Gasteiger partial charge in [-0.3, -0.25) is 14.9 Å². The van der Waals surface area contributed by atoms with Crippen LogP contribution in [0, 0.1) is 16.0 Å². The molecule has 0 aliphatic heterocycles. The molecule has 3 rings (SSSR count). The van der Waals surface area contributed by atoms with Gasteiger partial charge in [0, 0.05) is 37.7 Å². The molecule has 24 heavy (non-hydrogen) atoms. The van der Waals surface area contributed by atoms with Crippen molar-refractivity contribution in [1.82, 2.24) is 4.90 Å². The van der Waals surface area contributed by atoms with Crippen LogP contribution in [0.3, 0.4) is 0 Å². The Morgan fingerprint density at radius 2 is 2.17 bits per heavy atom. The van der Waals surface area contributed by atoms with E-state index in [4.69, 9.17) is 0 Å². The first kappa shape index (κ1) is 16.2. The number of hydrogen-bond acceptors (Lipinski definition) is 3. The Morgan fingerprint density at radius 3 is 2.88 bits per heavy atom. The second-order valence-corrected chi connectivity index (χ2v) is 6.28. The fraction of sp³-hybridized carbons (Fsp3) is 0.316. The molecule has 0 saturated heterocycles. The van der Waals surface area contributed by atoms with E-state index < -0.39 is 0 Å². The molecule has 2 aliphatic carbocycles. The van der Waals surface area contributed by atoms with E-state index in [9.17, 15) is 14.9 Å². The van der Waals surface area contributed by atoms with E-state index in [1.54, 1.807) is 24.1 Å². The van der Waals surface area contributed by atoms with Gasteiger partial charge in [0.05, 0.1) is 4.92 Å². The summed E-state index contributed by atoms with van der Waals surface area (Å²) in [6.45, 7) is 1.53. The van der Waals surface area contributed by atoms with Crippen LogP contribution in [0.4, 0.5) is 5.69 Å². The second-order valence-electron chi connectivity index (χ2n) is 6.28. The van der Waals surface area contributed by atoms with Crippen LogP contribution in [0.5, 0.6) is 0 Å². The van der Waals surface area contributed by atoms with E-state index in [0.29, 0.717) is 5.92 Å². The average molecular weight is 324 g/mol. The fourth-order valence-electron chi connectivity index (χ4n) is 3.41. The number of nitrogens with zero attached hydrogens (tertiary/aromatic N) is 2. The van der Waals surface area contributed by atoms with Gasteiger partial charge >= 0.3 is 0 Å². The van der Waals surface area contributed by atoms with E-state index in [-0.39, 0.29) is 22.4 Å². The molecule has 0 N–H and O–H groups in total. The van der Waals surface area contributed by atoms with E-state index >= 15 is 0 Å². The SMILES string of the molecule is CC(=O)N(C)C1=CC(c2cccc([N+](=O)[O-])c2)C2CCC=CC2=C1. The van der Waals surface area contributed by atoms with Crippen molar-refractivity contribution < 1.29 is 9.72 Å². The maximum Gasteiger partial charge on any atom is 0.269 e. The van der Waals surface area contributed by atoms with Crippen LogP contribution in [0.2, 0.25) is 0 Å². The molecule has 5 heteroatoms. The van der Waals surface area contributed by atoms with Crippen LogP contribution in [-0.4, -0.2) is 22.8 Å². The lowest BCUT2D eigenvalue weighted by molar-refractivity contribution is -0.384. The van der Waals surface area contributed by atoms with Crippen LogP contribution in [0.1, 0.15) is 31.2 Å². The summed E-state index contributed by atoms with van der Waals surface area (Å²) in [6.07, 6.45) is 10.4. The van der Waals surface area contributed by atoms with Crippen LogP contribution in [0.15, 0.2) is 59.8 Å². The molecule has 1 aromatic carbocycles. The first-order valence-electron chi connectivity index (χ1n) is 8.06. The molecule has 5 nitrogen and oxygen atoms in total. The minimum atomic E-state index is -0.365. The topological polar surface area (TPSA) is 63.5 Å². The summed E-state index contributed by atoms with van der Waals surface area (Å²) in [6, 6.07) is 6.82. The Kier molecular flexibility index (Phi) is 4.34. The van der Waals surface area contributed by atoms with Crippen LogP contribution in [-0.2, 0) is 4.79 Å². The van der Waals surface area contributed by atoms with E-state index in [2.05, 4.69) is 24.3 Å². The molecule has 2 unspecified atom stereocenters. The Hall–Kier alpha value is -2.69. The van der Waals surface area contributed by atoms with E-state index in [1.165, 1.54) is 18.6 Å². The van der Waals surface area contributed by atoms with Crippen molar-refractivity contribution in [1.29, 1.82) is 0 Å². The normalized spacial score (nSPS) is 22.2. The Balaban J connectivity index is 2.06. The number of fused-ring (bicyclic) bond motifs is 1. The van der Waals surface area contributed by atoms with Gasteiger partial charge in [-0.25, -0.2) is 0 Å². The highest BCUT2D eigenvalue weighted by molar-refractivity contribution is 5.76. The molecule has 2 aliphatic rings. The molecule has 1 amide bonds. The standard InChI is InChI=1S/C19H20N2O3/c1-13(22)20(2)17-11-14-6-3-4-9-18(14)19(12-17)15-7-5-8-16(10-15)21(23)24/h3,5-8,10-12,18-19H,4,9H2,1-2H3. The number of non-ortho nitro benzene ring substituents is 1. The average Bonchev–Trinajstić information content (AvgIpc) is 2.60. The van der Waals surface area contributed by atoms with Gasteiger partial charge in [0.1, 0.15) is 0 Å². The van der Waals surface area contributed by atoms with E-state index in [1.807, 2.05) is 6.07 Å². The lowest BCUT2D eigenvalue weighted by Crippen LogP contribution is -2.27. The highest BCUT2D eigenvalue weighted by Crippen LogP contribution is 2.42. The fourth-order valence-corrected chi connectivity index (χ4v) is 3.41. The second kappa shape index (κ2) is 6.43. The number of nitro groups is 1. The van der Waals surface area contributed by atoms with Crippen molar-refractivity contribution in [2.24, 2.45) is 5.92 Å². The van der Waals surface area contributed by atoms with Crippen LogP contribution >= 0.6 is 0 Å². The molecule has 0 bridgehead atoms. The number of allylic oxidation sites excluding steroid dienone is 5. The zero-order valence-corrected chi connectivity index (χ0v) is 13.8. The number of hydrogen-bond donors (Lipinski definition) is 0. The number of likely N-dealkylation sites (N-methyl/N-ethyl adjacent to an activating group) is 1. The van der Waals surface area contributed by atoms with Gasteiger partial charge in [0.25, 0.3) is 5.69 Å². The summed E-state index contributed by atoms with van der Waals surface area (Å²) in [5.41, 5.74) is 3.05. The molecular weight excluding hydrogens is 304 g/mol. The smallest absolute Gasteiger partial charge is 0.269 e. The van der Waals surface area contributed by atoms with Gasteiger partial charge in [-0.1, -0.05) is 30.4 Å². The number of rotatable bonds is 3. The third-order valence-corrected chi connectivity index (χ3v) is 4.81. The molecule has 124 valence electrons. The van der Waals surface area contributed by atoms with Gasteiger partial charge in [-0.05, 0) is 36.0 Å². The van der Waals surface area contributed by atoms with Crippen LogP contribution < -0.4 is 0 Å². The summed E-state index contributed by atoms with van der Waals surface area (Å²) in [5, 5.41) is 11.1. The molecule has 0 aromatic heterocycles. The van der Waals surface area contributed by atoms with Gasteiger partial charge in [0.15, 0.2) is 0 Å². The molecule has 0 saturated carbocycles.